The van der Waals surface area contributed by atoms with Gasteiger partial charge in [-0.15, -0.1) is 0 Å². The van der Waals surface area contributed by atoms with Gasteiger partial charge in [-0.2, -0.15) is 18.3 Å². The molecule has 10 heteroatoms. The third-order valence-corrected chi connectivity index (χ3v) is 3.62. The predicted octanol–water partition coefficient (Wildman–Crippen LogP) is 2.12. The van der Waals surface area contributed by atoms with E-state index in [4.69, 9.17) is 0 Å². The highest BCUT2D eigenvalue weighted by molar-refractivity contribution is 7.88. The van der Waals surface area contributed by atoms with Gasteiger partial charge in [-0.1, -0.05) is 30.3 Å². The second-order valence-corrected chi connectivity index (χ2v) is 6.82. The molecule has 0 fully saturated rings. The molecule has 0 saturated carbocycles. The van der Waals surface area contributed by atoms with Crippen LogP contribution in [0.5, 0.6) is 0 Å². The molecule has 0 aliphatic rings. The van der Waals surface area contributed by atoms with Crippen molar-refractivity contribution < 1.29 is 21.6 Å². The lowest BCUT2D eigenvalue weighted by molar-refractivity contribution is -0.143. The molecule has 1 atom stereocenters. The Morgan fingerprint density at radius 1 is 1.26 bits per heavy atom. The van der Waals surface area contributed by atoms with E-state index in [0.29, 0.717) is 10.2 Å². The largest absolute Gasteiger partial charge is 0.408 e. The van der Waals surface area contributed by atoms with Crippen molar-refractivity contribution in [3.63, 3.8) is 0 Å². The van der Waals surface area contributed by atoms with Crippen molar-refractivity contribution in [1.29, 1.82) is 0 Å². The number of sulfonamides is 1. The van der Waals surface area contributed by atoms with Gasteiger partial charge in [0.1, 0.15) is 12.4 Å². The summed E-state index contributed by atoms with van der Waals surface area (Å²) in [5.41, 5.74) is 0.543. The van der Waals surface area contributed by atoms with E-state index in [-0.39, 0.29) is 11.6 Å². The minimum absolute atomic E-state index is 0.104. The molecule has 6 nitrogen and oxygen atoms in total. The van der Waals surface area contributed by atoms with Gasteiger partial charge in [0.05, 0.1) is 12.3 Å². The van der Waals surface area contributed by atoms with Crippen LogP contribution >= 0.6 is 0 Å². The van der Waals surface area contributed by atoms with Gasteiger partial charge in [-0.05, 0) is 6.92 Å². The zero-order valence-corrected chi connectivity index (χ0v) is 13.2. The molecule has 0 bridgehead atoms. The molecule has 0 saturated heterocycles. The molecule has 0 spiro atoms. The number of hydrogen-bond donors (Lipinski definition) is 1. The van der Waals surface area contributed by atoms with Crippen LogP contribution in [0.4, 0.5) is 13.2 Å². The first-order valence-corrected chi connectivity index (χ1v) is 8.48. The summed E-state index contributed by atoms with van der Waals surface area (Å²) in [5, 5.41) is 3.87. The predicted molar refractivity (Wildman–Crippen MR) is 77.9 cm³/mol. The smallest absolute Gasteiger partial charge is 0.239 e. The monoisotopic (exact) mass is 348 g/mol. The van der Waals surface area contributed by atoms with Gasteiger partial charge < -0.3 is 0 Å². The van der Waals surface area contributed by atoms with E-state index in [1.807, 2.05) is 0 Å². The van der Waals surface area contributed by atoms with E-state index in [1.54, 1.807) is 30.3 Å². The SMILES string of the molecule is C[C@H](NS(C)(=O)=O)c1nc(-c2ccccc2)nn1CC(F)(F)F. The first-order chi connectivity index (χ1) is 10.6. The standard InChI is InChI=1S/C13H15F3N4O2S/c1-9(19-23(2,21)22)12-17-11(10-6-4-3-5-7-10)18-20(12)8-13(14,15)16/h3-7,9,19H,8H2,1-2H3/t9-/m0/s1. The minimum Gasteiger partial charge on any atom is -0.239 e. The average Bonchev–Trinajstić information content (AvgIpc) is 2.79. The Morgan fingerprint density at radius 2 is 1.87 bits per heavy atom. The Morgan fingerprint density at radius 3 is 2.39 bits per heavy atom. The van der Waals surface area contributed by atoms with Crippen LogP contribution in [0.2, 0.25) is 0 Å². The van der Waals surface area contributed by atoms with Crippen LogP contribution in [0.3, 0.4) is 0 Å². The maximum Gasteiger partial charge on any atom is 0.408 e. The maximum atomic E-state index is 12.7. The van der Waals surface area contributed by atoms with Crippen molar-refractivity contribution in [2.75, 3.05) is 6.26 Å². The van der Waals surface area contributed by atoms with Gasteiger partial charge in [0.15, 0.2) is 5.82 Å². The van der Waals surface area contributed by atoms with Gasteiger partial charge in [0, 0.05) is 5.56 Å². The third kappa shape index (κ3) is 5.03. The van der Waals surface area contributed by atoms with E-state index < -0.39 is 28.8 Å². The van der Waals surface area contributed by atoms with Crippen LogP contribution in [0.15, 0.2) is 30.3 Å². The Balaban J connectivity index is 2.44. The fourth-order valence-electron chi connectivity index (χ4n) is 2.04. The minimum atomic E-state index is -4.50. The maximum absolute atomic E-state index is 12.7. The molecular formula is C13H15F3N4O2S. The summed E-state index contributed by atoms with van der Waals surface area (Å²) in [6.45, 7) is 0.0602. The average molecular weight is 348 g/mol. The Labute approximate surface area is 131 Å². The molecule has 126 valence electrons. The van der Waals surface area contributed by atoms with Gasteiger partial charge in [-0.25, -0.2) is 22.8 Å². The highest BCUT2D eigenvalue weighted by atomic mass is 32.2. The molecule has 0 aliphatic carbocycles. The van der Waals surface area contributed by atoms with Crippen molar-refractivity contribution in [3.8, 4) is 11.4 Å². The number of benzene rings is 1. The lowest BCUT2D eigenvalue weighted by Gasteiger charge is -2.14. The molecule has 1 aromatic heterocycles. The Kier molecular flexibility index (Phi) is 4.76. The van der Waals surface area contributed by atoms with E-state index >= 15 is 0 Å². The molecule has 1 aromatic carbocycles. The normalized spacial score (nSPS) is 14.0. The molecule has 0 radical (unpaired) electrons. The van der Waals surface area contributed by atoms with Crippen molar-refractivity contribution in [2.24, 2.45) is 0 Å². The van der Waals surface area contributed by atoms with Crippen molar-refractivity contribution in [1.82, 2.24) is 19.5 Å². The molecule has 0 aliphatic heterocycles. The zero-order chi connectivity index (χ0) is 17.3. The van der Waals surface area contributed by atoms with Crippen LogP contribution in [0.1, 0.15) is 18.8 Å². The lowest BCUT2D eigenvalue weighted by atomic mass is 10.2. The number of aromatic nitrogens is 3. The molecule has 0 amide bonds. The van der Waals surface area contributed by atoms with Crippen molar-refractivity contribution in [2.45, 2.75) is 25.7 Å². The summed E-state index contributed by atoms with van der Waals surface area (Å²) in [4.78, 5) is 4.07. The number of nitrogens with one attached hydrogen (secondary N) is 1. The molecule has 2 aromatic rings. The van der Waals surface area contributed by atoms with E-state index in [1.165, 1.54) is 6.92 Å². The van der Waals surface area contributed by atoms with Gasteiger partial charge in [0.2, 0.25) is 10.0 Å². The second-order valence-electron chi connectivity index (χ2n) is 5.04. The van der Waals surface area contributed by atoms with Crippen molar-refractivity contribution >= 4 is 10.0 Å². The van der Waals surface area contributed by atoms with Crippen LogP contribution in [0, 0.1) is 0 Å². The summed E-state index contributed by atoms with van der Waals surface area (Å²) in [7, 11) is -3.60. The summed E-state index contributed by atoms with van der Waals surface area (Å²) in [6.07, 6.45) is -3.58. The number of alkyl halides is 3. The first-order valence-electron chi connectivity index (χ1n) is 6.59. The summed E-state index contributed by atoms with van der Waals surface area (Å²) in [5.74, 6) is -0.00129. The third-order valence-electron chi connectivity index (χ3n) is 2.84. The number of hydrogen-bond acceptors (Lipinski definition) is 4. The van der Waals surface area contributed by atoms with Crippen LogP contribution < -0.4 is 4.72 Å². The molecule has 23 heavy (non-hydrogen) atoms. The van der Waals surface area contributed by atoms with Crippen LogP contribution in [0.25, 0.3) is 11.4 Å². The molecule has 1 heterocycles. The van der Waals surface area contributed by atoms with Gasteiger partial charge in [0.25, 0.3) is 0 Å². The van der Waals surface area contributed by atoms with E-state index in [0.717, 1.165) is 6.26 Å². The van der Waals surface area contributed by atoms with Gasteiger partial charge >= 0.3 is 6.18 Å². The van der Waals surface area contributed by atoms with Crippen LogP contribution in [-0.4, -0.2) is 35.6 Å². The summed E-state index contributed by atoms with van der Waals surface area (Å²) >= 11 is 0. The van der Waals surface area contributed by atoms with Crippen molar-refractivity contribution in [3.05, 3.63) is 36.2 Å². The molecular weight excluding hydrogens is 333 g/mol. The Hall–Kier alpha value is -1.94. The quantitative estimate of drug-likeness (QED) is 0.898. The summed E-state index contributed by atoms with van der Waals surface area (Å²) in [6, 6.07) is 7.54. The second kappa shape index (κ2) is 6.28. The van der Waals surface area contributed by atoms with Crippen LogP contribution in [-0.2, 0) is 16.6 Å². The zero-order valence-electron chi connectivity index (χ0n) is 12.4. The number of rotatable bonds is 5. The highest BCUT2D eigenvalue weighted by Gasteiger charge is 2.32. The van der Waals surface area contributed by atoms with E-state index in [2.05, 4.69) is 14.8 Å². The van der Waals surface area contributed by atoms with Gasteiger partial charge in [-0.3, -0.25) is 0 Å². The number of halogens is 3. The highest BCUT2D eigenvalue weighted by Crippen LogP contribution is 2.23. The first kappa shape index (κ1) is 17.4. The lowest BCUT2D eigenvalue weighted by Crippen LogP contribution is -2.29. The molecule has 2 rings (SSSR count). The number of nitrogens with zero attached hydrogens (tertiary/aromatic N) is 3. The Bertz CT molecular complexity index is 772. The summed E-state index contributed by atoms with van der Waals surface area (Å²) < 4.78 is 63.6. The topological polar surface area (TPSA) is 76.9 Å². The molecule has 1 N–H and O–H groups in total. The van der Waals surface area contributed by atoms with E-state index in [9.17, 15) is 21.6 Å². The fourth-order valence-corrected chi connectivity index (χ4v) is 2.79. The molecule has 0 unspecified atom stereocenters. The fraction of sp³-hybridized carbons (Fsp3) is 0.385.